The number of carbonyl (C=O) groups is 2. The van der Waals surface area contributed by atoms with E-state index in [1.165, 1.54) is 0 Å². The van der Waals surface area contributed by atoms with Gasteiger partial charge in [0.15, 0.2) is 0 Å². The van der Waals surface area contributed by atoms with Crippen molar-refractivity contribution in [3.63, 3.8) is 0 Å². The van der Waals surface area contributed by atoms with Crippen molar-refractivity contribution >= 4 is 12.0 Å². The van der Waals surface area contributed by atoms with E-state index in [0.29, 0.717) is 26.1 Å². The second kappa shape index (κ2) is 8.09. The molecule has 0 saturated carbocycles. The third kappa shape index (κ3) is 5.77. The highest BCUT2D eigenvalue weighted by Gasteiger charge is 2.22. The molecular formula is C14H26N2O4. The normalized spacial score (nSPS) is 22.1. The Morgan fingerprint density at radius 1 is 1.40 bits per heavy atom. The molecule has 3 atom stereocenters. The van der Waals surface area contributed by atoms with Gasteiger partial charge in [0.25, 0.3) is 0 Å². The number of hydrogen-bond acceptors (Lipinski definition) is 3. The van der Waals surface area contributed by atoms with E-state index < -0.39 is 5.97 Å². The zero-order chi connectivity index (χ0) is 15.1. The Balaban J connectivity index is 2.22. The van der Waals surface area contributed by atoms with Crippen LogP contribution in [0.5, 0.6) is 0 Å². The lowest BCUT2D eigenvalue weighted by Gasteiger charge is -2.32. The number of hydrogen-bond donors (Lipinski definition) is 2. The molecule has 1 aliphatic heterocycles. The summed E-state index contributed by atoms with van der Waals surface area (Å²) in [5, 5.41) is 11.8. The van der Waals surface area contributed by atoms with E-state index in [2.05, 4.69) is 5.32 Å². The van der Waals surface area contributed by atoms with E-state index in [9.17, 15) is 9.59 Å². The first-order chi connectivity index (χ1) is 9.40. The number of urea groups is 1. The summed E-state index contributed by atoms with van der Waals surface area (Å²) in [4.78, 5) is 24.5. The van der Waals surface area contributed by atoms with Gasteiger partial charge in [0, 0.05) is 19.1 Å². The van der Waals surface area contributed by atoms with Crippen LogP contribution in [0.2, 0.25) is 0 Å². The largest absolute Gasteiger partial charge is 0.481 e. The second-order valence-electron chi connectivity index (χ2n) is 5.65. The molecule has 1 saturated heterocycles. The van der Waals surface area contributed by atoms with Gasteiger partial charge in [-0.15, -0.1) is 0 Å². The lowest BCUT2D eigenvalue weighted by Crippen LogP contribution is -2.50. The molecule has 1 aliphatic rings. The molecule has 6 nitrogen and oxygen atoms in total. The number of nitrogens with one attached hydrogen (secondary N) is 1. The van der Waals surface area contributed by atoms with Gasteiger partial charge in [-0.3, -0.25) is 4.79 Å². The summed E-state index contributed by atoms with van der Waals surface area (Å²) in [7, 11) is 0. The Hall–Kier alpha value is -1.30. The van der Waals surface area contributed by atoms with Crippen LogP contribution in [0.4, 0.5) is 4.79 Å². The van der Waals surface area contributed by atoms with E-state index in [0.717, 1.165) is 12.8 Å². The highest BCUT2D eigenvalue weighted by molar-refractivity contribution is 5.74. The highest BCUT2D eigenvalue weighted by Crippen LogP contribution is 2.10. The Bertz CT molecular complexity index is 335. The predicted octanol–water partition coefficient (Wildman–Crippen LogP) is 1.70. The minimum Gasteiger partial charge on any atom is -0.481 e. The summed E-state index contributed by atoms with van der Waals surface area (Å²) in [6.45, 7) is 7.44. The molecular weight excluding hydrogens is 260 g/mol. The molecule has 116 valence electrons. The maximum Gasteiger partial charge on any atom is 0.317 e. The maximum absolute atomic E-state index is 12.0. The smallest absolute Gasteiger partial charge is 0.317 e. The van der Waals surface area contributed by atoms with E-state index >= 15 is 0 Å². The van der Waals surface area contributed by atoms with Crippen LogP contribution in [-0.2, 0) is 9.53 Å². The number of nitrogens with zero attached hydrogens (tertiary/aromatic N) is 1. The summed E-state index contributed by atoms with van der Waals surface area (Å²) < 4.78 is 5.40. The Kier molecular flexibility index (Phi) is 6.78. The molecule has 2 N–H and O–H groups in total. The monoisotopic (exact) mass is 286 g/mol. The summed E-state index contributed by atoms with van der Waals surface area (Å²) >= 11 is 0. The first-order valence-electron chi connectivity index (χ1n) is 7.30. The number of carboxylic acids is 1. The summed E-state index contributed by atoms with van der Waals surface area (Å²) in [5.74, 6) is -1.08. The van der Waals surface area contributed by atoms with Gasteiger partial charge in [0.2, 0.25) is 0 Å². The van der Waals surface area contributed by atoms with Crippen LogP contribution in [0.15, 0.2) is 0 Å². The van der Waals surface area contributed by atoms with Gasteiger partial charge in [-0.25, -0.2) is 4.79 Å². The molecule has 2 amide bonds. The molecule has 20 heavy (non-hydrogen) atoms. The first kappa shape index (κ1) is 16.8. The zero-order valence-corrected chi connectivity index (χ0v) is 12.6. The van der Waals surface area contributed by atoms with Crippen LogP contribution in [0.25, 0.3) is 0 Å². The van der Waals surface area contributed by atoms with E-state index in [1.807, 2.05) is 13.8 Å². The van der Waals surface area contributed by atoms with Crippen LogP contribution in [0.3, 0.4) is 0 Å². The standard InChI is InChI=1S/C14H26N2O4/c1-10(13(17)18)5-4-6-11(2)15-14(19)16-7-8-20-12(3)9-16/h10-12H,4-9H2,1-3H3,(H,15,19)(H,17,18). The fourth-order valence-corrected chi connectivity index (χ4v) is 2.23. The van der Waals surface area contributed by atoms with Gasteiger partial charge in [-0.2, -0.15) is 0 Å². The summed E-state index contributed by atoms with van der Waals surface area (Å²) in [6.07, 6.45) is 2.32. The Morgan fingerprint density at radius 2 is 2.10 bits per heavy atom. The van der Waals surface area contributed by atoms with Gasteiger partial charge < -0.3 is 20.1 Å². The van der Waals surface area contributed by atoms with Crippen LogP contribution in [0, 0.1) is 5.92 Å². The topological polar surface area (TPSA) is 78.9 Å². The van der Waals surface area contributed by atoms with Gasteiger partial charge in [-0.05, 0) is 26.7 Å². The molecule has 0 aromatic carbocycles. The van der Waals surface area contributed by atoms with Crippen LogP contribution >= 0.6 is 0 Å². The third-order valence-corrected chi connectivity index (χ3v) is 3.59. The van der Waals surface area contributed by atoms with Gasteiger partial charge in [0.1, 0.15) is 0 Å². The van der Waals surface area contributed by atoms with Crippen LogP contribution in [0.1, 0.15) is 40.0 Å². The number of ether oxygens (including phenoxy) is 1. The fraction of sp³-hybridized carbons (Fsp3) is 0.857. The average Bonchev–Trinajstić information content (AvgIpc) is 2.38. The Labute approximate surface area is 120 Å². The summed E-state index contributed by atoms with van der Waals surface area (Å²) in [6, 6.07) is 0.000536. The quantitative estimate of drug-likeness (QED) is 0.779. The average molecular weight is 286 g/mol. The Morgan fingerprint density at radius 3 is 2.70 bits per heavy atom. The number of morpholine rings is 1. The molecule has 0 spiro atoms. The molecule has 3 unspecified atom stereocenters. The van der Waals surface area contributed by atoms with Crippen molar-refractivity contribution in [2.45, 2.75) is 52.2 Å². The molecule has 1 rings (SSSR count). The lowest BCUT2D eigenvalue weighted by molar-refractivity contribution is -0.141. The number of aliphatic carboxylic acids is 1. The number of amides is 2. The molecule has 0 radical (unpaired) electrons. The van der Waals surface area contributed by atoms with Crippen molar-refractivity contribution in [1.82, 2.24) is 10.2 Å². The van der Waals surface area contributed by atoms with Gasteiger partial charge >= 0.3 is 12.0 Å². The minimum absolute atomic E-state index is 0.0565. The second-order valence-corrected chi connectivity index (χ2v) is 5.65. The van der Waals surface area contributed by atoms with Crippen molar-refractivity contribution < 1.29 is 19.4 Å². The lowest BCUT2D eigenvalue weighted by atomic mass is 10.0. The highest BCUT2D eigenvalue weighted by atomic mass is 16.5. The van der Waals surface area contributed by atoms with Crippen molar-refractivity contribution in [2.24, 2.45) is 5.92 Å². The first-order valence-corrected chi connectivity index (χ1v) is 7.30. The number of carboxylic acid groups (broad SMARTS) is 1. The van der Waals surface area contributed by atoms with Gasteiger partial charge in [0.05, 0.1) is 18.6 Å². The molecule has 1 fully saturated rings. The van der Waals surface area contributed by atoms with Gasteiger partial charge in [-0.1, -0.05) is 13.3 Å². The predicted molar refractivity (Wildman–Crippen MR) is 75.6 cm³/mol. The van der Waals surface area contributed by atoms with Crippen molar-refractivity contribution in [1.29, 1.82) is 0 Å². The molecule has 0 bridgehead atoms. The van der Waals surface area contributed by atoms with Crippen molar-refractivity contribution in [2.75, 3.05) is 19.7 Å². The van der Waals surface area contributed by atoms with Crippen LogP contribution < -0.4 is 5.32 Å². The third-order valence-electron chi connectivity index (χ3n) is 3.59. The number of carbonyl (C=O) groups excluding carboxylic acids is 1. The van der Waals surface area contributed by atoms with Crippen molar-refractivity contribution in [3.05, 3.63) is 0 Å². The molecule has 0 aliphatic carbocycles. The molecule has 0 aromatic rings. The van der Waals surface area contributed by atoms with Crippen LogP contribution in [-0.4, -0.2) is 53.8 Å². The zero-order valence-electron chi connectivity index (χ0n) is 12.6. The van der Waals surface area contributed by atoms with E-state index in [1.54, 1.807) is 11.8 Å². The SMILES string of the molecule is CC(CCCC(C)C(=O)O)NC(=O)N1CCOC(C)C1. The minimum atomic E-state index is -0.760. The molecule has 6 heteroatoms. The fourth-order valence-electron chi connectivity index (χ4n) is 2.23. The molecule has 0 aromatic heterocycles. The van der Waals surface area contributed by atoms with Crippen molar-refractivity contribution in [3.8, 4) is 0 Å². The van der Waals surface area contributed by atoms with E-state index in [-0.39, 0.29) is 24.1 Å². The maximum atomic E-state index is 12.0. The molecule has 1 heterocycles. The van der Waals surface area contributed by atoms with E-state index in [4.69, 9.17) is 9.84 Å². The summed E-state index contributed by atoms with van der Waals surface area (Å²) in [5.41, 5.74) is 0. The number of rotatable bonds is 6.